The van der Waals surface area contributed by atoms with E-state index in [1.165, 1.54) is 0 Å². The number of rotatable bonds is 5. The van der Waals surface area contributed by atoms with Gasteiger partial charge in [-0.3, -0.25) is 0 Å². The van der Waals surface area contributed by atoms with E-state index in [4.69, 9.17) is 16.0 Å². The van der Waals surface area contributed by atoms with Crippen molar-refractivity contribution in [2.24, 2.45) is 0 Å². The van der Waals surface area contributed by atoms with Gasteiger partial charge in [0.05, 0.1) is 6.54 Å². The van der Waals surface area contributed by atoms with E-state index in [0.29, 0.717) is 12.6 Å². The molecule has 1 N–H and O–H groups in total. The summed E-state index contributed by atoms with van der Waals surface area (Å²) in [6.07, 6.45) is 5.86. The first-order chi connectivity index (χ1) is 12.8. The van der Waals surface area contributed by atoms with Gasteiger partial charge in [-0.25, -0.2) is 9.97 Å². The van der Waals surface area contributed by atoms with Gasteiger partial charge in [0.15, 0.2) is 0 Å². The zero-order chi connectivity index (χ0) is 17.8. The lowest BCUT2D eigenvalue weighted by Crippen LogP contribution is -2.46. The molecule has 6 heteroatoms. The zero-order valence-corrected chi connectivity index (χ0v) is 15.2. The third-order valence-corrected chi connectivity index (χ3v) is 4.86. The Morgan fingerprint density at radius 1 is 1.12 bits per heavy atom. The fourth-order valence-electron chi connectivity index (χ4n) is 3.27. The fraction of sp³-hybridized carbons (Fsp3) is 0.300. The van der Waals surface area contributed by atoms with E-state index < -0.39 is 0 Å². The van der Waals surface area contributed by atoms with Crippen LogP contribution < -0.4 is 10.2 Å². The van der Waals surface area contributed by atoms with Crippen LogP contribution in [0.1, 0.15) is 18.6 Å². The summed E-state index contributed by atoms with van der Waals surface area (Å²) in [5.74, 6) is 2.60. The van der Waals surface area contributed by atoms with Crippen LogP contribution in [0.4, 0.5) is 5.95 Å². The van der Waals surface area contributed by atoms with E-state index in [-0.39, 0.29) is 0 Å². The maximum absolute atomic E-state index is 5.97. The molecule has 2 aromatic heterocycles. The van der Waals surface area contributed by atoms with Crippen molar-refractivity contribution in [1.82, 2.24) is 15.3 Å². The minimum Gasteiger partial charge on any atom is -0.460 e. The van der Waals surface area contributed by atoms with Gasteiger partial charge in [0.2, 0.25) is 5.95 Å². The van der Waals surface area contributed by atoms with Crippen molar-refractivity contribution in [3.8, 4) is 11.3 Å². The molecule has 4 rings (SSSR count). The predicted molar refractivity (Wildman–Crippen MR) is 103 cm³/mol. The van der Waals surface area contributed by atoms with E-state index in [0.717, 1.165) is 54.0 Å². The summed E-state index contributed by atoms with van der Waals surface area (Å²) in [4.78, 5) is 11.0. The average Bonchev–Trinajstić information content (AvgIpc) is 3.17. The Balaban J connectivity index is 1.35. The normalized spacial score (nSPS) is 17.4. The third kappa shape index (κ3) is 4.06. The number of hydrogen-bond acceptors (Lipinski definition) is 5. The molecule has 0 bridgehead atoms. The molecule has 0 aliphatic carbocycles. The summed E-state index contributed by atoms with van der Waals surface area (Å²) in [6, 6.07) is 14.0. The smallest absolute Gasteiger partial charge is 0.225 e. The van der Waals surface area contributed by atoms with Gasteiger partial charge in [0.1, 0.15) is 11.5 Å². The molecule has 0 radical (unpaired) electrons. The maximum atomic E-state index is 5.97. The molecule has 134 valence electrons. The molecule has 3 heterocycles. The van der Waals surface area contributed by atoms with Crippen LogP contribution >= 0.6 is 11.6 Å². The Morgan fingerprint density at radius 3 is 2.73 bits per heavy atom. The molecule has 0 amide bonds. The summed E-state index contributed by atoms with van der Waals surface area (Å²) in [7, 11) is 0. The van der Waals surface area contributed by atoms with E-state index in [1.54, 1.807) is 12.4 Å². The van der Waals surface area contributed by atoms with Gasteiger partial charge >= 0.3 is 0 Å². The van der Waals surface area contributed by atoms with Gasteiger partial charge in [0.25, 0.3) is 0 Å². The Hall–Kier alpha value is -2.37. The monoisotopic (exact) mass is 368 g/mol. The van der Waals surface area contributed by atoms with E-state index in [9.17, 15) is 0 Å². The standard InChI is InChI=1S/C20H21ClN4O/c21-16-6-4-15(5-7-16)19-9-8-18(26-19)13-24-17-3-1-12-25(14-17)20-22-10-2-11-23-20/h2,4-11,17,24H,1,3,12-14H2. The number of halogens is 1. The number of furan rings is 1. The van der Waals surface area contributed by atoms with Crippen LogP contribution in [0, 0.1) is 0 Å². The molecule has 26 heavy (non-hydrogen) atoms. The number of anilines is 1. The zero-order valence-electron chi connectivity index (χ0n) is 14.4. The molecular weight excluding hydrogens is 348 g/mol. The molecule has 1 fully saturated rings. The molecule has 1 aliphatic rings. The molecule has 3 aromatic rings. The lowest BCUT2D eigenvalue weighted by molar-refractivity contribution is 0.395. The summed E-state index contributed by atoms with van der Waals surface area (Å²) in [5, 5.41) is 4.33. The van der Waals surface area contributed by atoms with Crippen molar-refractivity contribution < 1.29 is 4.42 Å². The molecule has 0 saturated carbocycles. The van der Waals surface area contributed by atoms with Crippen molar-refractivity contribution in [3.05, 3.63) is 65.6 Å². The highest BCUT2D eigenvalue weighted by Gasteiger charge is 2.21. The van der Waals surface area contributed by atoms with Crippen molar-refractivity contribution in [1.29, 1.82) is 0 Å². The van der Waals surface area contributed by atoms with Crippen LogP contribution in [0.2, 0.25) is 5.02 Å². The molecule has 5 nitrogen and oxygen atoms in total. The lowest BCUT2D eigenvalue weighted by atomic mass is 10.1. The molecule has 1 aromatic carbocycles. The van der Waals surface area contributed by atoms with E-state index >= 15 is 0 Å². The van der Waals surface area contributed by atoms with E-state index in [1.807, 2.05) is 42.5 Å². The first-order valence-corrected chi connectivity index (χ1v) is 9.26. The van der Waals surface area contributed by atoms with Crippen LogP contribution in [0.5, 0.6) is 0 Å². The Bertz CT molecular complexity index is 835. The van der Waals surface area contributed by atoms with Gasteiger partial charge in [-0.05, 0) is 55.3 Å². The summed E-state index contributed by atoms with van der Waals surface area (Å²) in [6.45, 7) is 2.63. The summed E-state index contributed by atoms with van der Waals surface area (Å²) >= 11 is 5.94. The lowest BCUT2D eigenvalue weighted by Gasteiger charge is -2.33. The fourth-order valence-corrected chi connectivity index (χ4v) is 3.39. The number of hydrogen-bond donors (Lipinski definition) is 1. The molecule has 1 unspecified atom stereocenters. The highest BCUT2D eigenvalue weighted by molar-refractivity contribution is 6.30. The average molecular weight is 369 g/mol. The van der Waals surface area contributed by atoms with Gasteiger partial charge in [0, 0.05) is 42.1 Å². The second-order valence-electron chi connectivity index (χ2n) is 6.49. The number of piperidine rings is 1. The highest BCUT2D eigenvalue weighted by Crippen LogP contribution is 2.24. The van der Waals surface area contributed by atoms with Crippen molar-refractivity contribution >= 4 is 17.5 Å². The van der Waals surface area contributed by atoms with Gasteiger partial charge < -0.3 is 14.6 Å². The van der Waals surface area contributed by atoms with Crippen LogP contribution in [0.25, 0.3) is 11.3 Å². The van der Waals surface area contributed by atoms with Crippen molar-refractivity contribution in [2.45, 2.75) is 25.4 Å². The Morgan fingerprint density at radius 2 is 1.92 bits per heavy atom. The van der Waals surface area contributed by atoms with Crippen LogP contribution in [0.3, 0.4) is 0 Å². The topological polar surface area (TPSA) is 54.2 Å². The van der Waals surface area contributed by atoms with Gasteiger partial charge in [-0.1, -0.05) is 11.6 Å². The first kappa shape index (κ1) is 17.1. The number of nitrogens with one attached hydrogen (secondary N) is 1. The predicted octanol–water partition coefficient (Wildman–Crippen LogP) is 4.15. The molecular formula is C20H21ClN4O. The molecule has 1 atom stereocenters. The second kappa shape index (κ2) is 7.89. The summed E-state index contributed by atoms with van der Waals surface area (Å²) in [5.41, 5.74) is 1.03. The number of aromatic nitrogens is 2. The second-order valence-corrected chi connectivity index (χ2v) is 6.92. The largest absolute Gasteiger partial charge is 0.460 e. The minimum absolute atomic E-state index is 0.400. The highest BCUT2D eigenvalue weighted by atomic mass is 35.5. The number of nitrogens with zero attached hydrogens (tertiary/aromatic N) is 3. The van der Waals surface area contributed by atoms with E-state index in [2.05, 4.69) is 20.2 Å². The quantitative estimate of drug-likeness (QED) is 0.733. The van der Waals surface area contributed by atoms with Crippen LogP contribution in [-0.4, -0.2) is 29.1 Å². The van der Waals surface area contributed by atoms with Crippen LogP contribution in [-0.2, 0) is 6.54 Å². The number of benzene rings is 1. The van der Waals surface area contributed by atoms with Crippen molar-refractivity contribution in [3.63, 3.8) is 0 Å². The first-order valence-electron chi connectivity index (χ1n) is 8.88. The van der Waals surface area contributed by atoms with Crippen LogP contribution in [0.15, 0.2) is 59.3 Å². The third-order valence-electron chi connectivity index (χ3n) is 4.61. The van der Waals surface area contributed by atoms with Gasteiger partial charge in [-0.15, -0.1) is 0 Å². The Kier molecular flexibility index (Phi) is 5.18. The molecule has 0 spiro atoms. The van der Waals surface area contributed by atoms with Crippen molar-refractivity contribution in [2.75, 3.05) is 18.0 Å². The minimum atomic E-state index is 0.400. The SMILES string of the molecule is Clc1ccc(-c2ccc(CNC3CCCN(c4ncccn4)C3)o2)cc1. The maximum Gasteiger partial charge on any atom is 0.225 e. The Labute approximate surface area is 158 Å². The molecule has 1 aliphatic heterocycles. The summed E-state index contributed by atoms with van der Waals surface area (Å²) < 4.78 is 5.97. The van der Waals surface area contributed by atoms with Gasteiger partial charge in [-0.2, -0.15) is 0 Å². The molecule has 1 saturated heterocycles.